The first-order valence-electron chi connectivity index (χ1n) is 6.99. The molecule has 1 N–H and O–H groups in total. The molecule has 0 atom stereocenters. The molecule has 0 saturated carbocycles. The van der Waals surface area contributed by atoms with E-state index in [4.69, 9.17) is 0 Å². The number of aryl methyl sites for hydroxylation is 1. The van der Waals surface area contributed by atoms with E-state index in [0.29, 0.717) is 6.04 Å². The van der Waals surface area contributed by atoms with E-state index in [2.05, 4.69) is 61.4 Å². The van der Waals surface area contributed by atoms with Crippen LogP contribution in [0, 0.1) is 6.92 Å². The first-order chi connectivity index (χ1) is 9.63. The normalized spacial score (nSPS) is 11.0. The minimum atomic E-state index is 0.526. The van der Waals surface area contributed by atoms with Gasteiger partial charge in [0.2, 0.25) is 0 Å². The van der Waals surface area contributed by atoms with Crippen LogP contribution >= 0.6 is 11.8 Å². The molecule has 1 heterocycles. The molecule has 0 aliphatic carbocycles. The van der Waals surface area contributed by atoms with Crippen molar-refractivity contribution in [3.8, 4) is 0 Å². The second kappa shape index (κ2) is 7.46. The molecule has 3 heteroatoms. The highest BCUT2D eigenvalue weighted by Crippen LogP contribution is 2.23. The number of nitrogens with one attached hydrogen (secondary N) is 1. The summed E-state index contributed by atoms with van der Waals surface area (Å²) in [6.07, 6.45) is 3.84. The molecule has 0 amide bonds. The summed E-state index contributed by atoms with van der Waals surface area (Å²) in [7, 11) is 0. The maximum absolute atomic E-state index is 4.23. The zero-order valence-corrected chi connectivity index (χ0v) is 13.2. The monoisotopic (exact) mass is 286 g/mol. The Morgan fingerprint density at radius 1 is 1.10 bits per heavy atom. The van der Waals surface area contributed by atoms with Gasteiger partial charge in [0.15, 0.2) is 0 Å². The molecule has 0 bridgehead atoms. The van der Waals surface area contributed by atoms with Gasteiger partial charge in [0, 0.05) is 35.6 Å². The number of hydrogen-bond acceptors (Lipinski definition) is 3. The number of hydrogen-bond donors (Lipinski definition) is 1. The molecule has 0 aliphatic heterocycles. The predicted molar refractivity (Wildman–Crippen MR) is 87.0 cm³/mol. The largest absolute Gasteiger partial charge is 0.310 e. The Labute approximate surface area is 126 Å². The van der Waals surface area contributed by atoms with Crippen molar-refractivity contribution in [2.45, 2.75) is 44.0 Å². The van der Waals surface area contributed by atoms with E-state index >= 15 is 0 Å². The van der Waals surface area contributed by atoms with E-state index in [9.17, 15) is 0 Å². The lowest BCUT2D eigenvalue weighted by molar-refractivity contribution is 0.588. The van der Waals surface area contributed by atoms with Gasteiger partial charge in [0.25, 0.3) is 0 Å². The number of aromatic nitrogens is 1. The van der Waals surface area contributed by atoms with E-state index in [0.717, 1.165) is 12.3 Å². The van der Waals surface area contributed by atoms with Crippen molar-refractivity contribution in [2.75, 3.05) is 0 Å². The molecule has 2 nitrogen and oxygen atoms in total. The van der Waals surface area contributed by atoms with Gasteiger partial charge in [0.05, 0.1) is 0 Å². The Morgan fingerprint density at radius 3 is 2.50 bits per heavy atom. The Bertz CT molecular complexity index is 535. The van der Waals surface area contributed by atoms with Crippen LogP contribution in [0.4, 0.5) is 0 Å². The maximum Gasteiger partial charge on any atom is 0.0308 e. The van der Waals surface area contributed by atoms with Gasteiger partial charge in [-0.3, -0.25) is 4.98 Å². The average Bonchev–Trinajstić information content (AvgIpc) is 2.44. The summed E-state index contributed by atoms with van der Waals surface area (Å²) in [6, 6.07) is 11.5. The van der Waals surface area contributed by atoms with Crippen molar-refractivity contribution in [2.24, 2.45) is 0 Å². The molecule has 20 heavy (non-hydrogen) atoms. The molecule has 0 unspecified atom stereocenters. The molecule has 0 fully saturated rings. The third-order valence-corrected chi connectivity index (χ3v) is 4.06. The van der Waals surface area contributed by atoms with Gasteiger partial charge in [0.1, 0.15) is 0 Å². The van der Waals surface area contributed by atoms with Crippen LogP contribution in [0.3, 0.4) is 0 Å². The first-order valence-corrected chi connectivity index (χ1v) is 7.97. The molecular formula is C17H22N2S. The van der Waals surface area contributed by atoms with Gasteiger partial charge in [-0.2, -0.15) is 0 Å². The van der Waals surface area contributed by atoms with Gasteiger partial charge < -0.3 is 5.32 Å². The summed E-state index contributed by atoms with van der Waals surface area (Å²) in [5.41, 5.74) is 3.83. The molecule has 106 valence electrons. The van der Waals surface area contributed by atoms with Crippen molar-refractivity contribution in [1.29, 1.82) is 0 Å². The lowest BCUT2D eigenvalue weighted by atomic mass is 10.2. The average molecular weight is 286 g/mol. The summed E-state index contributed by atoms with van der Waals surface area (Å²) in [5, 5.41) is 3.43. The van der Waals surface area contributed by atoms with E-state index in [1.54, 1.807) is 0 Å². The number of thioether (sulfide) groups is 1. The van der Waals surface area contributed by atoms with Crippen LogP contribution in [0.1, 0.15) is 30.5 Å². The standard InChI is InChI=1S/C17H22N2S/c1-13(2)19-11-15-4-6-17(7-5-15)20-12-16-8-14(3)9-18-10-16/h4-10,13,19H,11-12H2,1-3H3. The van der Waals surface area contributed by atoms with Crippen LogP contribution in [0.15, 0.2) is 47.6 Å². The second-order valence-electron chi connectivity index (χ2n) is 5.34. The molecular weight excluding hydrogens is 264 g/mol. The van der Waals surface area contributed by atoms with Crippen molar-refractivity contribution >= 4 is 11.8 Å². The molecule has 0 aliphatic rings. The highest BCUT2D eigenvalue weighted by molar-refractivity contribution is 7.98. The van der Waals surface area contributed by atoms with Gasteiger partial charge in [-0.05, 0) is 35.7 Å². The SMILES string of the molecule is Cc1cncc(CSc2ccc(CNC(C)C)cc2)c1. The van der Waals surface area contributed by atoms with Crippen LogP contribution in [0.5, 0.6) is 0 Å². The first kappa shape index (κ1) is 15.1. The molecule has 1 aromatic carbocycles. The van der Waals surface area contributed by atoms with Crippen LogP contribution in [0.2, 0.25) is 0 Å². The molecule has 2 rings (SSSR count). The Balaban J connectivity index is 1.87. The van der Waals surface area contributed by atoms with Crippen molar-refractivity contribution in [3.05, 3.63) is 59.4 Å². The summed E-state index contributed by atoms with van der Waals surface area (Å²) < 4.78 is 0. The van der Waals surface area contributed by atoms with Crippen LogP contribution in [-0.2, 0) is 12.3 Å². The highest BCUT2D eigenvalue weighted by Gasteiger charge is 1.99. The van der Waals surface area contributed by atoms with Crippen LogP contribution in [-0.4, -0.2) is 11.0 Å². The third kappa shape index (κ3) is 4.99. The smallest absolute Gasteiger partial charge is 0.0308 e. The lowest BCUT2D eigenvalue weighted by Gasteiger charge is -2.08. The van der Waals surface area contributed by atoms with Crippen molar-refractivity contribution < 1.29 is 0 Å². The van der Waals surface area contributed by atoms with Crippen LogP contribution in [0.25, 0.3) is 0 Å². The fourth-order valence-corrected chi connectivity index (χ4v) is 2.71. The topological polar surface area (TPSA) is 24.9 Å². The Hall–Kier alpha value is -1.32. The predicted octanol–water partition coefficient (Wildman–Crippen LogP) is 4.18. The quantitative estimate of drug-likeness (QED) is 0.806. The minimum Gasteiger partial charge on any atom is -0.310 e. The molecule has 2 aromatic rings. The summed E-state index contributed by atoms with van der Waals surface area (Å²) in [4.78, 5) is 5.54. The summed E-state index contributed by atoms with van der Waals surface area (Å²) in [6.45, 7) is 7.35. The van der Waals surface area contributed by atoms with Gasteiger partial charge >= 0.3 is 0 Å². The third-order valence-electron chi connectivity index (χ3n) is 2.97. The van der Waals surface area contributed by atoms with Crippen molar-refractivity contribution in [1.82, 2.24) is 10.3 Å². The Kier molecular flexibility index (Phi) is 5.62. The van der Waals surface area contributed by atoms with Crippen LogP contribution < -0.4 is 5.32 Å². The molecule has 0 spiro atoms. The van der Waals surface area contributed by atoms with E-state index < -0.39 is 0 Å². The highest BCUT2D eigenvalue weighted by atomic mass is 32.2. The van der Waals surface area contributed by atoms with E-state index in [-0.39, 0.29) is 0 Å². The number of pyridine rings is 1. The van der Waals surface area contributed by atoms with E-state index in [1.165, 1.54) is 21.6 Å². The summed E-state index contributed by atoms with van der Waals surface area (Å²) in [5.74, 6) is 0.971. The zero-order chi connectivity index (χ0) is 14.4. The van der Waals surface area contributed by atoms with Gasteiger partial charge in [-0.15, -0.1) is 11.8 Å². The van der Waals surface area contributed by atoms with Gasteiger partial charge in [-0.1, -0.05) is 32.0 Å². The second-order valence-corrected chi connectivity index (χ2v) is 6.39. The molecule has 1 aromatic heterocycles. The molecule has 0 saturated heterocycles. The Morgan fingerprint density at radius 2 is 1.85 bits per heavy atom. The van der Waals surface area contributed by atoms with Gasteiger partial charge in [-0.25, -0.2) is 0 Å². The van der Waals surface area contributed by atoms with E-state index in [1.807, 2.05) is 24.2 Å². The summed E-state index contributed by atoms with van der Waals surface area (Å²) >= 11 is 1.85. The lowest BCUT2D eigenvalue weighted by Crippen LogP contribution is -2.21. The maximum atomic E-state index is 4.23. The minimum absolute atomic E-state index is 0.526. The number of rotatable bonds is 6. The number of nitrogens with zero attached hydrogens (tertiary/aromatic N) is 1. The fraction of sp³-hybridized carbons (Fsp3) is 0.353. The fourth-order valence-electron chi connectivity index (χ4n) is 1.89. The zero-order valence-electron chi connectivity index (χ0n) is 12.4. The molecule has 0 radical (unpaired) electrons. The number of benzene rings is 1. The van der Waals surface area contributed by atoms with Crippen molar-refractivity contribution in [3.63, 3.8) is 0 Å².